The van der Waals surface area contributed by atoms with Crippen LogP contribution < -0.4 is 10.6 Å². The zero-order valence-corrected chi connectivity index (χ0v) is 21.1. The van der Waals surface area contributed by atoms with E-state index in [0.717, 1.165) is 9.99 Å². The average Bonchev–Trinajstić information content (AvgIpc) is 2.72. The fourth-order valence-corrected chi connectivity index (χ4v) is 4.47. The summed E-state index contributed by atoms with van der Waals surface area (Å²) in [7, 11) is -3.17. The van der Waals surface area contributed by atoms with E-state index in [2.05, 4.69) is 47.6 Å². The van der Waals surface area contributed by atoms with E-state index in [4.69, 9.17) is 16.3 Å². The molecule has 1 atom stereocenters. The lowest BCUT2D eigenvalue weighted by atomic mass is 10.2. The highest BCUT2D eigenvalue weighted by molar-refractivity contribution is 14.1. The van der Waals surface area contributed by atoms with Gasteiger partial charge in [-0.1, -0.05) is 0 Å². The standard InChI is InChI=1S/C18H22ClIN6O5S/c1-3-31-18(27)25-32(2,30)15-7-6-12(26(28)29)10-14(15)21-8-4-5-9-22-16-13(20)11-23-17(19)24-16/h6-7,10-11,21H,3-5,8-9H2,1-2H3,(H,22,23,24). The van der Waals surface area contributed by atoms with Crippen LogP contribution in [0.3, 0.4) is 0 Å². The molecule has 1 heterocycles. The molecule has 14 heteroatoms. The van der Waals surface area contributed by atoms with Gasteiger partial charge < -0.3 is 15.4 Å². The van der Waals surface area contributed by atoms with Crippen LogP contribution in [0.5, 0.6) is 0 Å². The molecular weight excluding hydrogens is 575 g/mol. The zero-order chi connectivity index (χ0) is 23.7. The fraction of sp³-hybridized carbons (Fsp3) is 0.389. The van der Waals surface area contributed by atoms with Crippen LogP contribution in [0.2, 0.25) is 5.28 Å². The van der Waals surface area contributed by atoms with Gasteiger partial charge in [0.1, 0.15) is 5.82 Å². The number of carbonyl (C=O) groups excluding carboxylic acids is 1. The number of ether oxygens (including phenoxy) is 1. The van der Waals surface area contributed by atoms with E-state index in [-0.39, 0.29) is 28.2 Å². The van der Waals surface area contributed by atoms with Crippen molar-refractivity contribution in [3.8, 4) is 0 Å². The number of aromatic nitrogens is 2. The monoisotopic (exact) mass is 596 g/mol. The van der Waals surface area contributed by atoms with Gasteiger partial charge in [0.15, 0.2) is 0 Å². The van der Waals surface area contributed by atoms with Crippen LogP contribution in [0.15, 0.2) is 33.7 Å². The topological polar surface area (TPSA) is 149 Å². The molecule has 2 rings (SSSR count). The molecule has 32 heavy (non-hydrogen) atoms. The molecule has 0 saturated carbocycles. The maximum atomic E-state index is 13.0. The summed E-state index contributed by atoms with van der Waals surface area (Å²) < 4.78 is 22.2. The number of hydrogen-bond donors (Lipinski definition) is 2. The molecule has 1 aromatic heterocycles. The van der Waals surface area contributed by atoms with Gasteiger partial charge in [-0.15, -0.1) is 4.36 Å². The number of nitrogens with one attached hydrogen (secondary N) is 2. The number of hydrogen-bond acceptors (Lipinski definition) is 9. The molecule has 11 nitrogen and oxygen atoms in total. The average molecular weight is 597 g/mol. The maximum Gasteiger partial charge on any atom is 0.442 e. The molecule has 0 bridgehead atoms. The van der Waals surface area contributed by atoms with Crippen LogP contribution in [0, 0.1) is 13.7 Å². The summed E-state index contributed by atoms with van der Waals surface area (Å²) in [6.07, 6.45) is 3.41. The largest absolute Gasteiger partial charge is 0.448 e. The van der Waals surface area contributed by atoms with Gasteiger partial charge in [0.05, 0.1) is 35.4 Å². The number of nitro groups is 1. The molecule has 2 aromatic rings. The normalized spacial score (nSPS) is 12.5. The van der Waals surface area contributed by atoms with E-state index in [1.807, 2.05) is 0 Å². The highest BCUT2D eigenvalue weighted by Gasteiger charge is 2.18. The van der Waals surface area contributed by atoms with Crippen molar-refractivity contribution in [2.45, 2.75) is 24.7 Å². The number of non-ortho nitro benzene ring substituents is 1. The maximum absolute atomic E-state index is 13.0. The van der Waals surface area contributed by atoms with Gasteiger partial charge >= 0.3 is 6.09 Å². The quantitative estimate of drug-likeness (QED) is 0.132. The van der Waals surface area contributed by atoms with Gasteiger partial charge in [-0.05, 0) is 60.0 Å². The number of anilines is 2. The third-order valence-corrected chi connectivity index (χ3v) is 6.67. The number of unbranched alkanes of at least 4 members (excludes halogenated alkanes) is 1. The van der Waals surface area contributed by atoms with Gasteiger partial charge in [-0.3, -0.25) is 10.1 Å². The van der Waals surface area contributed by atoms with Crippen molar-refractivity contribution >= 4 is 67.2 Å². The van der Waals surface area contributed by atoms with Crippen molar-refractivity contribution in [3.63, 3.8) is 0 Å². The highest BCUT2D eigenvalue weighted by Crippen LogP contribution is 2.28. The molecule has 1 aromatic carbocycles. The summed E-state index contributed by atoms with van der Waals surface area (Å²) in [6, 6.07) is 3.85. The number of amides is 1. The number of nitro benzene ring substituents is 1. The van der Waals surface area contributed by atoms with E-state index >= 15 is 0 Å². The highest BCUT2D eigenvalue weighted by atomic mass is 127. The summed E-state index contributed by atoms with van der Waals surface area (Å²) in [5.41, 5.74) is 0.115. The third-order valence-electron chi connectivity index (χ3n) is 4.02. The van der Waals surface area contributed by atoms with E-state index < -0.39 is 20.7 Å². The second-order valence-electron chi connectivity index (χ2n) is 6.43. The van der Waals surface area contributed by atoms with Crippen molar-refractivity contribution in [2.75, 3.05) is 36.6 Å². The first-order chi connectivity index (χ1) is 15.1. The van der Waals surface area contributed by atoms with E-state index in [1.165, 1.54) is 24.5 Å². The summed E-state index contributed by atoms with van der Waals surface area (Å²) in [6.45, 7) is 2.78. The van der Waals surface area contributed by atoms with E-state index in [9.17, 15) is 19.1 Å². The molecule has 0 fully saturated rings. The SMILES string of the molecule is CCOC(=O)N=S(C)(=O)c1ccc([N+](=O)[O-])cc1NCCCCNc1nc(Cl)ncc1I. The molecule has 1 amide bonds. The van der Waals surface area contributed by atoms with Gasteiger partial charge in [0.25, 0.3) is 5.69 Å². The van der Waals surface area contributed by atoms with Crippen molar-refractivity contribution in [3.05, 3.63) is 43.4 Å². The van der Waals surface area contributed by atoms with Crippen molar-refractivity contribution in [1.82, 2.24) is 9.97 Å². The molecule has 0 aliphatic rings. The minimum atomic E-state index is -3.17. The molecule has 2 N–H and O–H groups in total. The predicted molar refractivity (Wildman–Crippen MR) is 131 cm³/mol. The number of halogens is 2. The first kappa shape index (κ1) is 26.0. The number of benzene rings is 1. The third kappa shape index (κ3) is 7.70. The summed E-state index contributed by atoms with van der Waals surface area (Å²) in [4.78, 5) is 30.5. The lowest BCUT2D eigenvalue weighted by Gasteiger charge is -2.13. The van der Waals surface area contributed by atoms with Crippen LogP contribution in [0.4, 0.5) is 22.0 Å². The van der Waals surface area contributed by atoms with Crippen molar-refractivity contribution in [1.29, 1.82) is 0 Å². The van der Waals surface area contributed by atoms with Crippen LogP contribution in [0.1, 0.15) is 19.8 Å². The van der Waals surface area contributed by atoms with Gasteiger partial charge in [0.2, 0.25) is 5.28 Å². The summed E-state index contributed by atoms with van der Waals surface area (Å²) in [5.74, 6) is 0.644. The number of carbonyl (C=O) groups is 1. The van der Waals surface area contributed by atoms with E-state index in [1.54, 1.807) is 13.1 Å². The minimum absolute atomic E-state index is 0.0948. The Kier molecular flexibility index (Phi) is 9.84. The molecule has 0 saturated heterocycles. The van der Waals surface area contributed by atoms with Crippen LogP contribution >= 0.6 is 34.2 Å². The second kappa shape index (κ2) is 12.1. The molecule has 1 unspecified atom stereocenters. The molecule has 0 radical (unpaired) electrons. The number of rotatable bonds is 10. The molecule has 0 aliphatic carbocycles. The number of nitrogens with zero attached hydrogens (tertiary/aromatic N) is 4. The Bertz CT molecular complexity index is 1110. The van der Waals surface area contributed by atoms with Crippen molar-refractivity contribution < 1.29 is 18.7 Å². The van der Waals surface area contributed by atoms with Crippen LogP contribution in [-0.4, -0.2) is 51.1 Å². The second-order valence-corrected chi connectivity index (χ2v) is 10.2. The Labute approximate surface area is 204 Å². The van der Waals surface area contributed by atoms with Crippen LogP contribution in [-0.2, 0) is 14.5 Å². The zero-order valence-electron chi connectivity index (χ0n) is 17.3. The molecule has 174 valence electrons. The smallest absolute Gasteiger partial charge is 0.442 e. The van der Waals surface area contributed by atoms with Gasteiger partial charge in [-0.25, -0.2) is 14.0 Å². The first-order valence-electron chi connectivity index (χ1n) is 9.47. The lowest BCUT2D eigenvalue weighted by Crippen LogP contribution is -2.12. The van der Waals surface area contributed by atoms with Crippen molar-refractivity contribution in [2.24, 2.45) is 4.36 Å². The first-order valence-corrected chi connectivity index (χ1v) is 12.8. The molecule has 0 spiro atoms. The molecule has 0 aliphatic heterocycles. The lowest BCUT2D eigenvalue weighted by molar-refractivity contribution is -0.384. The minimum Gasteiger partial charge on any atom is -0.448 e. The Morgan fingerprint density at radius 1 is 1.34 bits per heavy atom. The Hall–Kier alpha value is -2.26. The van der Waals surface area contributed by atoms with Gasteiger partial charge in [0, 0.05) is 37.7 Å². The van der Waals surface area contributed by atoms with Crippen LogP contribution in [0.25, 0.3) is 0 Å². The Balaban J connectivity index is 2.05. The summed E-state index contributed by atoms with van der Waals surface area (Å²) >= 11 is 7.90. The molecular formula is C18H22ClIN6O5S. The fourth-order valence-electron chi connectivity index (χ4n) is 2.59. The van der Waals surface area contributed by atoms with E-state index in [0.29, 0.717) is 25.3 Å². The summed E-state index contributed by atoms with van der Waals surface area (Å²) in [5, 5.41) is 17.6. The van der Waals surface area contributed by atoms with Gasteiger partial charge in [-0.2, -0.15) is 4.98 Å². The Morgan fingerprint density at radius 3 is 2.69 bits per heavy atom. The Morgan fingerprint density at radius 2 is 2.03 bits per heavy atom. The predicted octanol–water partition coefficient (Wildman–Crippen LogP) is 4.56.